The van der Waals surface area contributed by atoms with Gasteiger partial charge in [-0.25, -0.2) is 57.5 Å². The monoisotopic (exact) mass is 598 g/mol. The molecule has 0 radical (unpaired) electrons. The highest BCUT2D eigenvalue weighted by atomic mass is 16.5. The number of nitrogens with two attached hydrogens (primary N) is 2. The van der Waals surface area contributed by atoms with Crippen molar-refractivity contribution in [3.63, 3.8) is 0 Å². The molecule has 0 fully saturated rings. The molecule has 0 bridgehead atoms. The molecule has 26 nitrogen and oxygen atoms in total. The Hall–Kier alpha value is -6.76. The minimum Gasteiger partial charge on any atom is -0.473 e. The molecule has 0 saturated heterocycles. The second kappa shape index (κ2) is 32.2. The van der Waals surface area contributed by atoms with Gasteiger partial charge >= 0.3 is 71.8 Å². The summed E-state index contributed by atoms with van der Waals surface area (Å²) in [5, 5.41) is 78.2. The van der Waals surface area contributed by atoms with Crippen LogP contribution in [0, 0.1) is 0 Å². The van der Waals surface area contributed by atoms with Crippen LogP contribution in [-0.2, 0) is 47.9 Å². The fourth-order valence-electron chi connectivity index (χ4n) is 0. The fraction of sp³-hybridized carbons (Fsp3) is 0.143. The lowest BCUT2D eigenvalue weighted by Crippen LogP contribution is -2.24. The summed E-state index contributed by atoms with van der Waals surface area (Å²) in [5.74, 6) is -18.2. The summed E-state index contributed by atoms with van der Waals surface area (Å²) in [4.78, 5) is 110. The zero-order valence-corrected chi connectivity index (χ0v) is 19.5. The number of aliphatic carboxylic acids is 10. The largest absolute Gasteiger partial charge is 0.473 e. The van der Waals surface area contributed by atoms with E-state index >= 15 is 0 Å². The molecule has 16 N–H and O–H groups in total. The number of carboxylic acids is 10. The number of amides is 4. The molecule has 0 rings (SSSR count). The van der Waals surface area contributed by atoms with Gasteiger partial charge in [0, 0.05) is 14.1 Å². The van der Waals surface area contributed by atoms with Crippen LogP contribution < -0.4 is 22.1 Å². The molecule has 0 aromatic carbocycles. The third-order valence-electron chi connectivity index (χ3n) is 1.41. The normalized spacial score (nSPS) is 7.15. The quantitative estimate of drug-likeness (QED) is 0.115. The van der Waals surface area contributed by atoms with Crippen LogP contribution in [0.15, 0.2) is 0 Å². The number of nitrogens with one attached hydrogen (secondary N) is 2. The van der Waals surface area contributed by atoms with Gasteiger partial charge in [0.05, 0.1) is 0 Å². The van der Waals surface area contributed by atoms with Gasteiger partial charge in [-0.3, -0.25) is 0 Å². The van der Waals surface area contributed by atoms with E-state index < -0.39 is 71.8 Å². The van der Waals surface area contributed by atoms with Crippen molar-refractivity contribution in [1.29, 1.82) is 0 Å². The first-order chi connectivity index (χ1) is 17.8. The number of carboxylic acid groups (broad SMARTS) is 10. The third-order valence-corrected chi connectivity index (χ3v) is 1.41. The van der Waals surface area contributed by atoms with E-state index in [1.807, 2.05) is 0 Å². The molecule has 0 aliphatic heterocycles. The molecule has 40 heavy (non-hydrogen) atoms. The van der Waals surface area contributed by atoms with Gasteiger partial charge in [-0.05, 0) is 0 Å². The molecule has 0 aromatic rings. The average Bonchev–Trinajstić information content (AvgIpc) is 2.80. The first-order valence-corrected chi connectivity index (χ1v) is 8.01. The van der Waals surface area contributed by atoms with Crippen LogP contribution in [0.25, 0.3) is 0 Å². The molecule has 0 aliphatic carbocycles. The van der Waals surface area contributed by atoms with Crippen LogP contribution in [0.5, 0.6) is 0 Å². The molecule has 0 unspecified atom stereocenters. The Kier molecular flexibility index (Phi) is 40.4. The lowest BCUT2D eigenvalue weighted by atomic mass is 10.7. The number of urea groups is 2. The number of hydrogen-bond acceptors (Lipinski definition) is 12. The van der Waals surface area contributed by atoms with Crippen molar-refractivity contribution in [3.05, 3.63) is 0 Å². The minimum atomic E-state index is -1.82. The number of hydrogen-bond donors (Lipinski definition) is 14. The topological polar surface area (TPSA) is 483 Å². The van der Waals surface area contributed by atoms with Crippen LogP contribution in [0.3, 0.4) is 0 Å². The predicted molar refractivity (Wildman–Crippen MR) is 114 cm³/mol. The van der Waals surface area contributed by atoms with E-state index in [1.165, 1.54) is 14.1 Å². The zero-order valence-electron chi connectivity index (χ0n) is 19.5. The molecule has 26 heteroatoms. The summed E-state index contributed by atoms with van der Waals surface area (Å²) in [6, 6.07) is -0.991. The van der Waals surface area contributed by atoms with Crippen molar-refractivity contribution in [2.75, 3.05) is 14.1 Å². The molecule has 0 aromatic heterocycles. The molecule has 0 aliphatic rings. The second-order valence-electron chi connectivity index (χ2n) is 4.28. The maximum atomic E-state index is 9.48. The van der Waals surface area contributed by atoms with Gasteiger partial charge in [-0.2, -0.15) is 0 Å². The van der Waals surface area contributed by atoms with Crippen LogP contribution in [-0.4, -0.2) is 137 Å². The van der Waals surface area contributed by atoms with E-state index in [9.17, 15) is 9.59 Å². The summed E-state index contributed by atoms with van der Waals surface area (Å²) in [5.41, 5.74) is 9.08. The van der Waals surface area contributed by atoms with Crippen molar-refractivity contribution >= 4 is 71.8 Å². The lowest BCUT2D eigenvalue weighted by Gasteiger charge is -1.80. The lowest BCUT2D eigenvalue weighted by molar-refractivity contribution is -0.159. The summed E-state index contributed by atoms with van der Waals surface area (Å²) in [7, 11) is 2.95. The summed E-state index contributed by atoms with van der Waals surface area (Å²) >= 11 is 0. The smallest absolute Gasteiger partial charge is 0.414 e. The number of carbonyl (C=O) groups is 12. The first-order valence-electron chi connectivity index (χ1n) is 8.01. The van der Waals surface area contributed by atoms with Gasteiger partial charge in [0.1, 0.15) is 0 Å². The molecule has 0 heterocycles. The molecule has 4 amide bonds. The first kappa shape index (κ1) is 50.2. The maximum Gasteiger partial charge on any atom is 0.414 e. The van der Waals surface area contributed by atoms with Crippen molar-refractivity contribution in [2.45, 2.75) is 0 Å². The van der Waals surface area contributed by atoms with E-state index in [4.69, 9.17) is 99.0 Å². The zero-order chi connectivity index (χ0) is 34.3. The Labute approximate surface area is 217 Å². The Bertz CT molecular complexity index is 711. The summed E-state index contributed by atoms with van der Waals surface area (Å²) in [6.45, 7) is 0. The van der Waals surface area contributed by atoms with Crippen LogP contribution in [0.4, 0.5) is 9.59 Å². The highest BCUT2D eigenvalue weighted by Gasteiger charge is 2.05. The number of primary amides is 2. The van der Waals surface area contributed by atoms with Crippen LogP contribution in [0.2, 0.25) is 0 Å². The van der Waals surface area contributed by atoms with Gasteiger partial charge < -0.3 is 73.2 Å². The fourth-order valence-corrected chi connectivity index (χ4v) is 0. The van der Waals surface area contributed by atoms with Crippen LogP contribution >= 0.6 is 0 Å². The Balaban J connectivity index is -0.0000000636. The Morgan fingerprint density at radius 2 is 0.375 bits per heavy atom. The third kappa shape index (κ3) is 96.1. The minimum absolute atomic E-state index is 0.495. The summed E-state index contributed by atoms with van der Waals surface area (Å²) < 4.78 is 0. The molecule has 0 atom stereocenters. The summed E-state index contributed by atoms with van der Waals surface area (Å²) in [6.07, 6.45) is 0. The predicted octanol–water partition coefficient (Wildman–Crippen LogP) is -5.65. The highest BCUT2D eigenvalue weighted by Crippen LogP contribution is 1.58. The van der Waals surface area contributed by atoms with Crippen LogP contribution in [0.1, 0.15) is 0 Å². The van der Waals surface area contributed by atoms with E-state index in [1.54, 1.807) is 0 Å². The van der Waals surface area contributed by atoms with Gasteiger partial charge in [0.25, 0.3) is 0 Å². The molecular weight excluding hydrogens is 576 g/mol. The van der Waals surface area contributed by atoms with Crippen molar-refractivity contribution in [1.82, 2.24) is 10.6 Å². The maximum absolute atomic E-state index is 9.48. The van der Waals surface area contributed by atoms with E-state index in [0.29, 0.717) is 0 Å². The standard InChI is InChI=1S/2C2H6N2O.5C2H2O4/c2*1-4-2(3)5;5*3-1(4)2(5)6/h2*1H3,(H3,3,4,5);5*(H,3,4)(H,5,6). The molecule has 0 spiro atoms. The van der Waals surface area contributed by atoms with E-state index in [0.717, 1.165) is 0 Å². The molecule has 230 valence electrons. The van der Waals surface area contributed by atoms with Crippen molar-refractivity contribution in [2.24, 2.45) is 11.5 Å². The van der Waals surface area contributed by atoms with Gasteiger partial charge in [-0.1, -0.05) is 0 Å². The number of rotatable bonds is 0. The molecular formula is C14H22N4O22. The highest BCUT2D eigenvalue weighted by molar-refractivity contribution is 6.28. The SMILES string of the molecule is CNC(N)=O.CNC(N)=O.O=C(O)C(=O)O.O=C(O)C(=O)O.O=C(O)C(=O)O.O=C(O)C(=O)O.O=C(O)C(=O)O. The van der Waals surface area contributed by atoms with Gasteiger partial charge in [0.2, 0.25) is 0 Å². The average molecular weight is 598 g/mol. The second-order valence-corrected chi connectivity index (χ2v) is 4.28. The van der Waals surface area contributed by atoms with Gasteiger partial charge in [-0.15, -0.1) is 0 Å². The van der Waals surface area contributed by atoms with Crippen molar-refractivity contribution in [3.8, 4) is 0 Å². The van der Waals surface area contributed by atoms with E-state index in [-0.39, 0.29) is 0 Å². The number of carbonyl (C=O) groups excluding carboxylic acids is 2. The molecule has 0 saturated carbocycles. The Morgan fingerprint density at radius 1 is 0.325 bits per heavy atom. The van der Waals surface area contributed by atoms with E-state index in [2.05, 4.69) is 22.1 Å². The van der Waals surface area contributed by atoms with Gasteiger partial charge in [0.15, 0.2) is 0 Å². The van der Waals surface area contributed by atoms with Crippen molar-refractivity contribution < 1.29 is 109 Å². The Morgan fingerprint density at radius 3 is 0.375 bits per heavy atom.